The van der Waals surface area contributed by atoms with E-state index in [1.165, 1.54) is 30.7 Å². The number of hydrogen-bond acceptors (Lipinski definition) is 6. The molecule has 0 bridgehead atoms. The molecule has 0 aliphatic rings. The fourth-order valence-corrected chi connectivity index (χ4v) is 2.54. The van der Waals surface area contributed by atoms with Crippen LogP contribution in [0.2, 0.25) is 0 Å². The second-order valence-electron chi connectivity index (χ2n) is 3.71. The van der Waals surface area contributed by atoms with Crippen molar-refractivity contribution in [3.63, 3.8) is 0 Å². The van der Waals surface area contributed by atoms with Gasteiger partial charge in [-0.3, -0.25) is 10.1 Å². The van der Waals surface area contributed by atoms with E-state index in [4.69, 9.17) is 4.74 Å². The molecule has 0 fully saturated rings. The number of rotatable bonds is 4. The van der Waals surface area contributed by atoms with Crippen molar-refractivity contribution in [3.8, 4) is 0 Å². The number of amides is 1. The molecule has 0 spiro atoms. The Morgan fingerprint density at radius 1 is 1.35 bits per heavy atom. The average Bonchev–Trinajstić information content (AvgIpc) is 2.86. The number of aromatic nitrogens is 2. The topological polar surface area (TPSA) is 81.2 Å². The standard InChI is InChI=1S/C12H10BrN3O3S/c1-7(10(17)16-12-14-5-2-6-15-12)19-11(18)8-3-4-9(13)20-8/h2-7H,1H3,(H,14,15,16,17). The van der Waals surface area contributed by atoms with E-state index >= 15 is 0 Å². The van der Waals surface area contributed by atoms with Crippen LogP contribution in [-0.4, -0.2) is 27.9 Å². The Bertz CT molecular complexity index is 617. The van der Waals surface area contributed by atoms with Crippen LogP contribution in [-0.2, 0) is 9.53 Å². The van der Waals surface area contributed by atoms with Crippen LogP contribution in [0.1, 0.15) is 16.6 Å². The van der Waals surface area contributed by atoms with Crippen molar-refractivity contribution in [1.82, 2.24) is 9.97 Å². The molecule has 0 aliphatic carbocycles. The van der Waals surface area contributed by atoms with Crippen molar-refractivity contribution >= 4 is 45.1 Å². The molecule has 2 aromatic rings. The summed E-state index contributed by atoms with van der Waals surface area (Å²) in [4.78, 5) is 31.7. The molecular weight excluding hydrogens is 346 g/mol. The minimum absolute atomic E-state index is 0.166. The normalized spacial score (nSPS) is 11.7. The van der Waals surface area contributed by atoms with Crippen molar-refractivity contribution in [2.75, 3.05) is 5.32 Å². The van der Waals surface area contributed by atoms with Gasteiger partial charge in [-0.2, -0.15) is 0 Å². The zero-order valence-electron chi connectivity index (χ0n) is 10.4. The van der Waals surface area contributed by atoms with E-state index in [0.29, 0.717) is 4.88 Å². The average molecular weight is 356 g/mol. The molecule has 0 saturated heterocycles. The van der Waals surface area contributed by atoms with Crippen LogP contribution in [0, 0.1) is 0 Å². The lowest BCUT2D eigenvalue weighted by Crippen LogP contribution is -2.30. The van der Waals surface area contributed by atoms with E-state index in [0.717, 1.165) is 3.79 Å². The maximum absolute atomic E-state index is 11.8. The summed E-state index contributed by atoms with van der Waals surface area (Å²) in [6.07, 6.45) is 2.07. The summed E-state index contributed by atoms with van der Waals surface area (Å²) in [6, 6.07) is 5.00. The fourth-order valence-electron chi connectivity index (χ4n) is 1.27. The highest BCUT2D eigenvalue weighted by atomic mass is 79.9. The van der Waals surface area contributed by atoms with E-state index in [2.05, 4.69) is 31.2 Å². The highest BCUT2D eigenvalue weighted by molar-refractivity contribution is 9.11. The summed E-state index contributed by atoms with van der Waals surface area (Å²) >= 11 is 4.49. The number of hydrogen-bond donors (Lipinski definition) is 1. The fraction of sp³-hybridized carbons (Fsp3) is 0.167. The second kappa shape index (κ2) is 6.58. The summed E-state index contributed by atoms with van der Waals surface area (Å²) in [5, 5.41) is 2.46. The maximum Gasteiger partial charge on any atom is 0.349 e. The SMILES string of the molecule is CC(OC(=O)c1ccc(Br)s1)C(=O)Nc1ncccn1. The molecule has 1 N–H and O–H groups in total. The van der Waals surface area contributed by atoms with Gasteiger partial charge in [0.1, 0.15) is 4.88 Å². The van der Waals surface area contributed by atoms with E-state index in [1.54, 1.807) is 18.2 Å². The van der Waals surface area contributed by atoms with Crippen LogP contribution >= 0.6 is 27.3 Å². The lowest BCUT2D eigenvalue weighted by atomic mass is 10.3. The van der Waals surface area contributed by atoms with Gasteiger partial charge in [0.25, 0.3) is 5.91 Å². The molecule has 104 valence electrons. The van der Waals surface area contributed by atoms with Crippen LogP contribution < -0.4 is 5.32 Å². The number of carbonyl (C=O) groups is 2. The van der Waals surface area contributed by atoms with Crippen LogP contribution in [0.15, 0.2) is 34.4 Å². The number of halogens is 1. The molecule has 1 amide bonds. The molecule has 8 heteroatoms. The van der Waals surface area contributed by atoms with Crippen LogP contribution in [0.3, 0.4) is 0 Å². The molecular formula is C12H10BrN3O3S. The van der Waals surface area contributed by atoms with Crippen molar-refractivity contribution in [2.24, 2.45) is 0 Å². The molecule has 0 radical (unpaired) electrons. The van der Waals surface area contributed by atoms with Gasteiger partial charge >= 0.3 is 5.97 Å². The van der Waals surface area contributed by atoms with Gasteiger partial charge in [-0.25, -0.2) is 14.8 Å². The van der Waals surface area contributed by atoms with Gasteiger partial charge in [-0.05, 0) is 41.1 Å². The van der Waals surface area contributed by atoms with Crippen molar-refractivity contribution in [2.45, 2.75) is 13.0 Å². The van der Waals surface area contributed by atoms with Crippen molar-refractivity contribution in [1.29, 1.82) is 0 Å². The van der Waals surface area contributed by atoms with Crippen molar-refractivity contribution in [3.05, 3.63) is 39.3 Å². The molecule has 0 saturated carbocycles. The first-order chi connectivity index (χ1) is 9.56. The van der Waals surface area contributed by atoms with Crippen LogP contribution in [0.25, 0.3) is 0 Å². The quantitative estimate of drug-likeness (QED) is 0.852. The number of ether oxygens (including phenoxy) is 1. The Morgan fingerprint density at radius 3 is 2.65 bits per heavy atom. The molecule has 2 rings (SSSR count). The van der Waals surface area contributed by atoms with Gasteiger partial charge < -0.3 is 4.74 Å². The predicted molar refractivity (Wildman–Crippen MR) is 77.6 cm³/mol. The van der Waals surface area contributed by atoms with Gasteiger partial charge in [0.05, 0.1) is 3.79 Å². The second-order valence-corrected chi connectivity index (χ2v) is 6.18. The minimum atomic E-state index is -0.938. The first-order valence-corrected chi connectivity index (χ1v) is 7.21. The Kier molecular flexibility index (Phi) is 4.80. The van der Waals surface area contributed by atoms with E-state index < -0.39 is 18.0 Å². The third-order valence-electron chi connectivity index (χ3n) is 2.23. The molecule has 1 atom stereocenters. The molecule has 20 heavy (non-hydrogen) atoms. The van der Waals surface area contributed by atoms with Gasteiger partial charge in [0, 0.05) is 12.4 Å². The first kappa shape index (κ1) is 14.6. The molecule has 2 heterocycles. The smallest absolute Gasteiger partial charge is 0.349 e. The van der Waals surface area contributed by atoms with Crippen molar-refractivity contribution < 1.29 is 14.3 Å². The predicted octanol–water partition coefficient (Wildman–Crippen LogP) is 2.48. The first-order valence-electron chi connectivity index (χ1n) is 5.60. The number of anilines is 1. The third kappa shape index (κ3) is 3.84. The molecule has 0 aliphatic heterocycles. The summed E-state index contributed by atoms with van der Waals surface area (Å²) in [5.41, 5.74) is 0. The highest BCUT2D eigenvalue weighted by Crippen LogP contribution is 2.23. The Balaban J connectivity index is 1.93. The number of esters is 1. The summed E-state index contributed by atoms with van der Waals surface area (Å²) in [6.45, 7) is 1.48. The summed E-state index contributed by atoms with van der Waals surface area (Å²) in [7, 11) is 0. The maximum atomic E-state index is 11.8. The van der Waals surface area contributed by atoms with Gasteiger partial charge in [0.15, 0.2) is 6.10 Å². The zero-order chi connectivity index (χ0) is 14.5. The largest absolute Gasteiger partial charge is 0.448 e. The van der Waals surface area contributed by atoms with Gasteiger partial charge in [-0.1, -0.05) is 0 Å². The minimum Gasteiger partial charge on any atom is -0.448 e. The Morgan fingerprint density at radius 2 is 2.05 bits per heavy atom. The van der Waals surface area contributed by atoms with E-state index in [1.807, 2.05) is 0 Å². The zero-order valence-corrected chi connectivity index (χ0v) is 12.8. The Hall–Kier alpha value is -1.80. The number of nitrogens with zero attached hydrogens (tertiary/aromatic N) is 2. The van der Waals surface area contributed by atoms with Gasteiger partial charge in [0.2, 0.25) is 5.95 Å². The van der Waals surface area contributed by atoms with Crippen LogP contribution in [0.5, 0.6) is 0 Å². The number of nitrogens with one attached hydrogen (secondary N) is 1. The van der Waals surface area contributed by atoms with E-state index in [9.17, 15) is 9.59 Å². The number of carbonyl (C=O) groups excluding carboxylic acids is 2. The van der Waals surface area contributed by atoms with Gasteiger partial charge in [-0.15, -0.1) is 11.3 Å². The third-order valence-corrected chi connectivity index (χ3v) is 3.83. The summed E-state index contributed by atoms with van der Waals surface area (Å²) < 4.78 is 5.89. The lowest BCUT2D eigenvalue weighted by molar-refractivity contribution is -0.123. The van der Waals surface area contributed by atoms with Crippen LogP contribution in [0.4, 0.5) is 5.95 Å². The molecule has 0 aromatic carbocycles. The molecule has 6 nitrogen and oxygen atoms in total. The van der Waals surface area contributed by atoms with E-state index in [-0.39, 0.29) is 5.95 Å². The number of thiophene rings is 1. The summed E-state index contributed by atoms with van der Waals surface area (Å²) in [5.74, 6) is -0.864. The highest BCUT2D eigenvalue weighted by Gasteiger charge is 2.20. The monoisotopic (exact) mass is 355 g/mol. The lowest BCUT2D eigenvalue weighted by Gasteiger charge is -2.11. The molecule has 1 unspecified atom stereocenters. The molecule has 2 aromatic heterocycles. The Labute approximate surface area is 127 Å².